The lowest BCUT2D eigenvalue weighted by atomic mass is 9.80. The Kier molecular flexibility index (Phi) is 3.58. The summed E-state index contributed by atoms with van der Waals surface area (Å²) in [5.41, 5.74) is 0. The van der Waals surface area contributed by atoms with Crippen molar-refractivity contribution in [2.45, 2.75) is 63.7 Å². The van der Waals surface area contributed by atoms with Gasteiger partial charge in [0.1, 0.15) is 0 Å². The average molecular weight is 273 g/mol. The number of ketones is 1. The van der Waals surface area contributed by atoms with Gasteiger partial charge in [-0.25, -0.2) is 13.1 Å². The largest absolute Gasteiger partial charge is 0.298 e. The minimum atomic E-state index is -3.44. The van der Waals surface area contributed by atoms with Crippen LogP contribution < -0.4 is 4.72 Å². The maximum absolute atomic E-state index is 12.2. The molecule has 0 aromatic rings. The van der Waals surface area contributed by atoms with Crippen molar-refractivity contribution in [1.29, 1.82) is 0 Å². The Labute approximate surface area is 110 Å². The van der Waals surface area contributed by atoms with Gasteiger partial charge in [-0.15, -0.1) is 0 Å². The van der Waals surface area contributed by atoms with Crippen LogP contribution in [0.2, 0.25) is 0 Å². The third-order valence-corrected chi connectivity index (χ3v) is 6.47. The highest BCUT2D eigenvalue weighted by atomic mass is 32.2. The molecule has 1 N–H and O–H groups in total. The molecule has 0 bridgehead atoms. The van der Waals surface area contributed by atoms with Gasteiger partial charge >= 0.3 is 0 Å². The van der Waals surface area contributed by atoms with E-state index in [9.17, 15) is 13.2 Å². The number of nitrogens with one attached hydrogen (secondary N) is 1. The molecule has 3 atom stereocenters. The highest BCUT2D eigenvalue weighted by molar-refractivity contribution is 7.90. The number of Topliss-reactive ketones (excluding diaryl/α,β-unsaturated/α-hetero) is 1. The van der Waals surface area contributed by atoms with Gasteiger partial charge in [-0.05, 0) is 45.4 Å². The molecule has 0 aromatic heterocycles. The van der Waals surface area contributed by atoms with Crippen molar-refractivity contribution >= 4 is 15.8 Å². The molecule has 0 spiro atoms. The fourth-order valence-corrected chi connectivity index (χ4v) is 4.04. The fourth-order valence-electron chi connectivity index (χ4n) is 3.05. The molecule has 2 saturated carbocycles. The summed E-state index contributed by atoms with van der Waals surface area (Å²) in [6.07, 6.45) is 4.90. The van der Waals surface area contributed by atoms with E-state index in [4.69, 9.17) is 0 Å². The molecular formula is C13H23NO3S. The maximum Gasteiger partial charge on any atom is 0.217 e. The fraction of sp³-hybridized carbons (Fsp3) is 0.923. The molecule has 2 rings (SSSR count). The van der Waals surface area contributed by atoms with Gasteiger partial charge in [0.25, 0.3) is 0 Å². The van der Waals surface area contributed by atoms with Crippen molar-refractivity contribution in [3.63, 3.8) is 0 Å². The Hall–Kier alpha value is -0.420. The van der Waals surface area contributed by atoms with Crippen molar-refractivity contribution in [1.82, 2.24) is 4.72 Å². The Morgan fingerprint density at radius 2 is 1.78 bits per heavy atom. The van der Waals surface area contributed by atoms with Crippen molar-refractivity contribution in [3.05, 3.63) is 0 Å². The van der Waals surface area contributed by atoms with Gasteiger partial charge in [0, 0.05) is 6.42 Å². The van der Waals surface area contributed by atoms with E-state index in [0.29, 0.717) is 12.3 Å². The first kappa shape index (κ1) is 14.0. The third kappa shape index (κ3) is 2.48. The van der Waals surface area contributed by atoms with Gasteiger partial charge < -0.3 is 0 Å². The lowest BCUT2D eigenvalue weighted by molar-refractivity contribution is -0.119. The second-order valence-corrected chi connectivity index (χ2v) is 9.06. The van der Waals surface area contributed by atoms with Gasteiger partial charge in [0.15, 0.2) is 5.78 Å². The third-order valence-electron chi connectivity index (χ3n) is 4.29. The standard InChI is InChI=1S/C13H23NO3S/c1-13(2,3)18(16,17)14-12-10-7-5-4-6-9(10)8-11(12)15/h9-10,12,14H,4-8H2,1-3H3/t9-,10-,12+/m1/s1. The van der Waals surface area contributed by atoms with Gasteiger partial charge in [-0.1, -0.05) is 12.8 Å². The predicted molar refractivity (Wildman–Crippen MR) is 70.7 cm³/mol. The van der Waals surface area contributed by atoms with Crippen LogP contribution >= 0.6 is 0 Å². The normalized spacial score (nSPS) is 33.5. The van der Waals surface area contributed by atoms with Crippen LogP contribution in [-0.4, -0.2) is 25.0 Å². The van der Waals surface area contributed by atoms with Crippen molar-refractivity contribution in [3.8, 4) is 0 Å². The zero-order valence-corrected chi connectivity index (χ0v) is 12.2. The smallest absolute Gasteiger partial charge is 0.217 e. The van der Waals surface area contributed by atoms with Crippen LogP contribution in [0.1, 0.15) is 52.9 Å². The predicted octanol–water partition coefficient (Wildman–Crippen LogP) is 1.85. The molecule has 2 aliphatic carbocycles. The van der Waals surface area contributed by atoms with E-state index in [1.165, 1.54) is 6.42 Å². The lowest BCUT2D eigenvalue weighted by Crippen LogP contribution is -2.49. The Balaban J connectivity index is 2.16. The quantitative estimate of drug-likeness (QED) is 0.835. The van der Waals surface area contributed by atoms with E-state index >= 15 is 0 Å². The number of sulfonamides is 1. The first-order valence-electron chi connectivity index (χ1n) is 6.77. The molecule has 0 aliphatic heterocycles. The summed E-state index contributed by atoms with van der Waals surface area (Å²) in [7, 11) is -3.44. The van der Waals surface area contributed by atoms with Crippen LogP contribution in [0, 0.1) is 11.8 Å². The van der Waals surface area contributed by atoms with Gasteiger partial charge in [-0.3, -0.25) is 4.79 Å². The van der Waals surface area contributed by atoms with Crippen molar-refractivity contribution in [2.24, 2.45) is 11.8 Å². The number of hydrogen-bond donors (Lipinski definition) is 1. The molecule has 0 aromatic carbocycles. The van der Waals surface area contributed by atoms with Crippen LogP contribution in [0.3, 0.4) is 0 Å². The minimum absolute atomic E-state index is 0.0831. The van der Waals surface area contributed by atoms with Crippen LogP contribution in [0.25, 0.3) is 0 Å². The average Bonchev–Trinajstić information content (AvgIpc) is 2.54. The SMILES string of the molecule is CC(C)(C)S(=O)(=O)N[C@@H]1C(=O)C[C@H]2CCCC[C@H]21. The Morgan fingerprint density at radius 3 is 2.39 bits per heavy atom. The van der Waals surface area contributed by atoms with E-state index < -0.39 is 20.8 Å². The van der Waals surface area contributed by atoms with Crippen LogP contribution in [0.5, 0.6) is 0 Å². The number of carbonyl (C=O) groups is 1. The summed E-state index contributed by atoms with van der Waals surface area (Å²) >= 11 is 0. The van der Waals surface area contributed by atoms with E-state index in [0.717, 1.165) is 19.3 Å². The van der Waals surface area contributed by atoms with E-state index in [1.807, 2.05) is 0 Å². The lowest BCUT2D eigenvalue weighted by Gasteiger charge is -2.30. The van der Waals surface area contributed by atoms with Gasteiger partial charge in [0.2, 0.25) is 10.0 Å². The zero-order chi connectivity index (χ0) is 13.6. The maximum atomic E-state index is 12.2. The monoisotopic (exact) mass is 273 g/mol. The second kappa shape index (κ2) is 4.60. The second-order valence-electron chi connectivity index (χ2n) is 6.59. The number of hydrogen-bond acceptors (Lipinski definition) is 3. The molecule has 5 heteroatoms. The number of carbonyl (C=O) groups excluding carboxylic acids is 1. The van der Waals surface area contributed by atoms with Gasteiger partial charge in [-0.2, -0.15) is 0 Å². The molecule has 0 heterocycles. The van der Waals surface area contributed by atoms with Gasteiger partial charge in [0.05, 0.1) is 10.8 Å². The van der Waals surface area contributed by atoms with Crippen molar-refractivity contribution < 1.29 is 13.2 Å². The highest BCUT2D eigenvalue weighted by Gasteiger charge is 2.46. The molecule has 0 saturated heterocycles. The summed E-state index contributed by atoms with van der Waals surface area (Å²) < 4.78 is 26.1. The molecule has 0 amide bonds. The summed E-state index contributed by atoms with van der Waals surface area (Å²) in [4.78, 5) is 12.0. The first-order valence-corrected chi connectivity index (χ1v) is 8.25. The molecule has 0 unspecified atom stereocenters. The van der Waals surface area contributed by atoms with Crippen LogP contribution in [-0.2, 0) is 14.8 Å². The summed E-state index contributed by atoms with van der Waals surface area (Å²) in [6, 6.07) is -0.473. The number of fused-ring (bicyclic) bond motifs is 1. The molecule has 2 aliphatic rings. The molecule has 0 radical (unpaired) electrons. The number of rotatable bonds is 2. The van der Waals surface area contributed by atoms with E-state index in [1.54, 1.807) is 20.8 Å². The summed E-state index contributed by atoms with van der Waals surface area (Å²) in [6.45, 7) is 4.98. The summed E-state index contributed by atoms with van der Waals surface area (Å²) in [5.74, 6) is 0.710. The van der Waals surface area contributed by atoms with E-state index in [-0.39, 0.29) is 11.7 Å². The summed E-state index contributed by atoms with van der Waals surface area (Å²) in [5, 5.41) is 0. The zero-order valence-electron chi connectivity index (χ0n) is 11.4. The van der Waals surface area contributed by atoms with Crippen LogP contribution in [0.4, 0.5) is 0 Å². The Morgan fingerprint density at radius 1 is 1.17 bits per heavy atom. The highest BCUT2D eigenvalue weighted by Crippen LogP contribution is 2.41. The van der Waals surface area contributed by atoms with E-state index in [2.05, 4.69) is 4.72 Å². The first-order chi connectivity index (χ1) is 8.22. The molecule has 18 heavy (non-hydrogen) atoms. The molecular weight excluding hydrogens is 250 g/mol. The Bertz CT molecular complexity index is 436. The van der Waals surface area contributed by atoms with Crippen molar-refractivity contribution in [2.75, 3.05) is 0 Å². The minimum Gasteiger partial charge on any atom is -0.298 e. The topological polar surface area (TPSA) is 63.2 Å². The molecule has 104 valence electrons. The molecule has 4 nitrogen and oxygen atoms in total. The molecule has 2 fully saturated rings. The van der Waals surface area contributed by atoms with Crippen LogP contribution in [0.15, 0.2) is 0 Å².